The van der Waals surface area contributed by atoms with Crippen LogP contribution in [0.3, 0.4) is 0 Å². The van der Waals surface area contributed by atoms with Crippen molar-refractivity contribution in [2.45, 2.75) is 20.3 Å². The minimum atomic E-state index is 0.610. The molecule has 1 N–H and O–H groups in total. The van der Waals surface area contributed by atoms with Gasteiger partial charge in [0, 0.05) is 12.4 Å². The fourth-order valence-corrected chi connectivity index (χ4v) is 1.30. The molecule has 0 bridgehead atoms. The van der Waals surface area contributed by atoms with Crippen LogP contribution in [0, 0.1) is 6.92 Å². The molecule has 1 heterocycles. The van der Waals surface area contributed by atoms with Crippen molar-refractivity contribution in [1.29, 1.82) is 0 Å². The fourth-order valence-electron chi connectivity index (χ4n) is 1.17. The molecule has 0 saturated carbocycles. The van der Waals surface area contributed by atoms with Crippen molar-refractivity contribution in [2.75, 3.05) is 24.3 Å². The van der Waals surface area contributed by atoms with Crippen LogP contribution in [0.4, 0.5) is 5.82 Å². The highest BCUT2D eigenvalue weighted by Gasteiger charge is 2.06. The number of hydrogen-bond acceptors (Lipinski definition) is 4. The highest BCUT2D eigenvalue weighted by Crippen LogP contribution is 2.19. The summed E-state index contributed by atoms with van der Waals surface area (Å²) >= 11 is 5.59. The molecule has 0 fully saturated rings. The zero-order chi connectivity index (χ0) is 11.1. The van der Waals surface area contributed by atoms with Gasteiger partial charge in [0.15, 0.2) is 0 Å². The Morgan fingerprint density at radius 3 is 2.93 bits per heavy atom. The van der Waals surface area contributed by atoms with E-state index in [9.17, 15) is 0 Å². The summed E-state index contributed by atoms with van der Waals surface area (Å²) in [6, 6.07) is 0. The topological polar surface area (TPSA) is 47.0 Å². The van der Waals surface area contributed by atoms with Crippen LogP contribution in [0.25, 0.3) is 0 Å². The molecule has 4 nitrogen and oxygen atoms in total. The molecule has 0 aromatic carbocycles. The zero-order valence-electron chi connectivity index (χ0n) is 9.09. The van der Waals surface area contributed by atoms with E-state index in [1.54, 1.807) is 0 Å². The molecule has 5 heteroatoms. The van der Waals surface area contributed by atoms with Gasteiger partial charge in [-0.05, 0) is 20.3 Å². The van der Waals surface area contributed by atoms with Crippen molar-refractivity contribution < 1.29 is 4.74 Å². The average molecular weight is 230 g/mol. The number of anilines is 1. The Kier molecular flexibility index (Phi) is 5.18. The number of aromatic nitrogens is 2. The first-order valence-electron chi connectivity index (χ1n) is 5.03. The second-order valence-electron chi connectivity index (χ2n) is 3.05. The smallest absolute Gasteiger partial charge is 0.221 e. The lowest BCUT2D eigenvalue weighted by atomic mass is 10.3. The Hall–Kier alpha value is -1.03. The maximum Gasteiger partial charge on any atom is 0.221 e. The summed E-state index contributed by atoms with van der Waals surface area (Å²) in [5.41, 5.74) is 0.939. The molecule has 1 rings (SSSR count). The summed E-state index contributed by atoms with van der Waals surface area (Å²) in [5, 5.41) is 3.20. The van der Waals surface area contributed by atoms with Gasteiger partial charge in [0.05, 0.1) is 12.2 Å². The monoisotopic (exact) mass is 229 g/mol. The molecule has 0 saturated heterocycles. The minimum absolute atomic E-state index is 0.610. The first kappa shape index (κ1) is 12.0. The predicted molar refractivity (Wildman–Crippen MR) is 61.8 cm³/mol. The largest absolute Gasteiger partial charge is 0.478 e. The standard InChI is InChI=1S/C10H16ClN3O/c1-3-15-10-8(2)9(13-7-14-10)12-6-4-5-11/h7H,3-6H2,1-2H3,(H,12,13,14). The van der Waals surface area contributed by atoms with Crippen LogP contribution in [-0.4, -0.2) is 29.0 Å². The summed E-state index contributed by atoms with van der Waals surface area (Å²) in [7, 11) is 0. The molecule has 1 aromatic rings. The molecule has 0 unspecified atom stereocenters. The molecule has 0 radical (unpaired) electrons. The van der Waals surface area contributed by atoms with E-state index in [4.69, 9.17) is 16.3 Å². The third-order valence-electron chi connectivity index (χ3n) is 1.92. The van der Waals surface area contributed by atoms with E-state index in [0.717, 1.165) is 24.3 Å². The van der Waals surface area contributed by atoms with E-state index in [2.05, 4.69) is 15.3 Å². The second-order valence-corrected chi connectivity index (χ2v) is 3.43. The number of hydrogen-bond donors (Lipinski definition) is 1. The summed E-state index contributed by atoms with van der Waals surface area (Å²) in [5.74, 6) is 2.11. The Bertz CT molecular complexity index is 307. The van der Waals surface area contributed by atoms with Crippen molar-refractivity contribution in [3.8, 4) is 5.88 Å². The van der Waals surface area contributed by atoms with E-state index in [1.165, 1.54) is 6.33 Å². The van der Waals surface area contributed by atoms with Crippen LogP contribution in [0.1, 0.15) is 18.9 Å². The van der Waals surface area contributed by atoms with Crippen LogP contribution in [0.2, 0.25) is 0 Å². The summed E-state index contributed by atoms with van der Waals surface area (Å²) in [6.07, 6.45) is 2.41. The molecular weight excluding hydrogens is 214 g/mol. The van der Waals surface area contributed by atoms with Gasteiger partial charge < -0.3 is 10.1 Å². The summed E-state index contributed by atoms with van der Waals surface area (Å²) < 4.78 is 5.37. The van der Waals surface area contributed by atoms with E-state index in [-0.39, 0.29) is 0 Å². The molecule has 0 spiro atoms. The SMILES string of the molecule is CCOc1ncnc(NCCCCl)c1C. The second kappa shape index (κ2) is 6.45. The Morgan fingerprint density at radius 1 is 1.47 bits per heavy atom. The van der Waals surface area contributed by atoms with Gasteiger partial charge >= 0.3 is 0 Å². The molecule has 15 heavy (non-hydrogen) atoms. The molecule has 1 aromatic heterocycles. The van der Waals surface area contributed by atoms with Crippen LogP contribution < -0.4 is 10.1 Å². The molecule has 0 aliphatic rings. The van der Waals surface area contributed by atoms with Gasteiger partial charge in [0.2, 0.25) is 5.88 Å². The Labute approximate surface area is 95.0 Å². The maximum atomic E-state index is 5.59. The highest BCUT2D eigenvalue weighted by molar-refractivity contribution is 6.17. The Morgan fingerprint density at radius 2 is 2.27 bits per heavy atom. The zero-order valence-corrected chi connectivity index (χ0v) is 9.84. The number of ether oxygens (including phenoxy) is 1. The normalized spacial score (nSPS) is 10.1. The lowest BCUT2D eigenvalue weighted by Gasteiger charge is -2.10. The maximum absolute atomic E-state index is 5.59. The lowest BCUT2D eigenvalue weighted by molar-refractivity contribution is 0.324. The van der Waals surface area contributed by atoms with E-state index in [1.807, 2.05) is 13.8 Å². The average Bonchev–Trinajstić information content (AvgIpc) is 2.24. The van der Waals surface area contributed by atoms with Gasteiger partial charge in [-0.3, -0.25) is 0 Å². The van der Waals surface area contributed by atoms with E-state index >= 15 is 0 Å². The number of halogens is 1. The molecular formula is C10H16ClN3O. The van der Waals surface area contributed by atoms with Crippen LogP contribution in [0.15, 0.2) is 6.33 Å². The summed E-state index contributed by atoms with van der Waals surface area (Å²) in [4.78, 5) is 8.21. The van der Waals surface area contributed by atoms with Gasteiger partial charge in [-0.25, -0.2) is 9.97 Å². The van der Waals surface area contributed by atoms with Gasteiger partial charge in [-0.1, -0.05) is 0 Å². The quantitative estimate of drug-likeness (QED) is 0.600. The van der Waals surface area contributed by atoms with Crippen LogP contribution in [0.5, 0.6) is 5.88 Å². The van der Waals surface area contributed by atoms with Crippen LogP contribution in [-0.2, 0) is 0 Å². The number of nitrogens with zero attached hydrogens (tertiary/aromatic N) is 2. The van der Waals surface area contributed by atoms with Gasteiger partial charge in [0.1, 0.15) is 12.1 Å². The molecule has 0 atom stereocenters. The van der Waals surface area contributed by atoms with E-state index < -0.39 is 0 Å². The third-order valence-corrected chi connectivity index (χ3v) is 2.19. The van der Waals surface area contributed by atoms with Crippen molar-refractivity contribution >= 4 is 17.4 Å². The van der Waals surface area contributed by atoms with Gasteiger partial charge in [-0.2, -0.15) is 0 Å². The van der Waals surface area contributed by atoms with Crippen molar-refractivity contribution in [1.82, 2.24) is 9.97 Å². The fraction of sp³-hybridized carbons (Fsp3) is 0.600. The lowest BCUT2D eigenvalue weighted by Crippen LogP contribution is -2.07. The first-order chi connectivity index (χ1) is 7.29. The molecule has 0 aliphatic heterocycles. The minimum Gasteiger partial charge on any atom is -0.478 e. The van der Waals surface area contributed by atoms with Crippen molar-refractivity contribution in [3.05, 3.63) is 11.9 Å². The first-order valence-corrected chi connectivity index (χ1v) is 5.57. The Balaban J connectivity index is 2.66. The van der Waals surface area contributed by atoms with Gasteiger partial charge in [0.25, 0.3) is 0 Å². The summed E-state index contributed by atoms with van der Waals surface area (Å²) in [6.45, 7) is 5.29. The number of alkyl halides is 1. The van der Waals surface area contributed by atoms with Crippen molar-refractivity contribution in [2.24, 2.45) is 0 Å². The van der Waals surface area contributed by atoms with E-state index in [0.29, 0.717) is 18.4 Å². The van der Waals surface area contributed by atoms with Crippen molar-refractivity contribution in [3.63, 3.8) is 0 Å². The predicted octanol–water partition coefficient (Wildman–Crippen LogP) is 2.22. The molecule has 0 aliphatic carbocycles. The highest BCUT2D eigenvalue weighted by atomic mass is 35.5. The van der Waals surface area contributed by atoms with Gasteiger partial charge in [-0.15, -0.1) is 11.6 Å². The molecule has 84 valence electrons. The number of nitrogens with one attached hydrogen (secondary N) is 1. The third kappa shape index (κ3) is 3.55. The van der Waals surface area contributed by atoms with Crippen LogP contribution >= 0.6 is 11.6 Å². The number of rotatable bonds is 6. The molecule has 0 amide bonds.